The van der Waals surface area contributed by atoms with E-state index in [1.165, 1.54) is 0 Å². The Morgan fingerprint density at radius 1 is 1.47 bits per heavy atom. The van der Waals surface area contributed by atoms with Crippen molar-refractivity contribution in [3.63, 3.8) is 0 Å². The minimum Gasteiger partial charge on any atom is -0.374 e. The summed E-state index contributed by atoms with van der Waals surface area (Å²) in [5.74, 6) is 0. The van der Waals surface area contributed by atoms with Crippen molar-refractivity contribution in [2.45, 2.75) is 37.8 Å². The maximum absolute atomic E-state index is 6.24. The van der Waals surface area contributed by atoms with E-state index >= 15 is 0 Å². The summed E-state index contributed by atoms with van der Waals surface area (Å²) in [6.45, 7) is 2.88. The van der Waals surface area contributed by atoms with Gasteiger partial charge in [-0.15, -0.1) is 0 Å². The molecule has 1 heterocycles. The van der Waals surface area contributed by atoms with Crippen molar-refractivity contribution >= 4 is 23.2 Å². The van der Waals surface area contributed by atoms with Gasteiger partial charge in [0.1, 0.15) is 0 Å². The van der Waals surface area contributed by atoms with Gasteiger partial charge in [0.05, 0.1) is 5.60 Å². The van der Waals surface area contributed by atoms with Crippen molar-refractivity contribution in [3.05, 3.63) is 33.8 Å². The average molecular weight is 274 g/mol. The molecule has 0 amide bonds. The molecule has 0 aliphatic carbocycles. The maximum atomic E-state index is 6.24. The Morgan fingerprint density at radius 3 is 2.82 bits per heavy atom. The second-order valence-electron chi connectivity index (χ2n) is 4.81. The summed E-state index contributed by atoms with van der Waals surface area (Å²) in [5.41, 5.74) is 7.04. The summed E-state index contributed by atoms with van der Waals surface area (Å²) in [5, 5.41) is 1.32. The van der Waals surface area contributed by atoms with E-state index in [1.807, 2.05) is 12.1 Å². The van der Waals surface area contributed by atoms with E-state index in [1.54, 1.807) is 6.07 Å². The molecule has 1 aromatic rings. The van der Waals surface area contributed by atoms with E-state index in [0.29, 0.717) is 16.5 Å². The van der Waals surface area contributed by atoms with Crippen LogP contribution in [0.25, 0.3) is 0 Å². The molecule has 2 rings (SSSR count). The molecular formula is C13H17Cl2NO. The van der Waals surface area contributed by atoms with E-state index in [0.717, 1.165) is 25.0 Å². The molecule has 2 unspecified atom stereocenters. The lowest BCUT2D eigenvalue weighted by atomic mass is 9.89. The third-order valence-electron chi connectivity index (χ3n) is 3.49. The normalized spacial score (nSPS) is 26.1. The van der Waals surface area contributed by atoms with Crippen molar-refractivity contribution in [2.24, 2.45) is 5.73 Å². The van der Waals surface area contributed by atoms with Gasteiger partial charge in [0.2, 0.25) is 0 Å². The number of halogens is 2. The van der Waals surface area contributed by atoms with E-state index < -0.39 is 0 Å². The number of hydrogen-bond donors (Lipinski definition) is 1. The molecule has 94 valence electrons. The third-order valence-corrected chi connectivity index (χ3v) is 4.08. The van der Waals surface area contributed by atoms with Crippen LogP contribution in [0, 0.1) is 0 Å². The molecule has 2 N–H and O–H groups in total. The van der Waals surface area contributed by atoms with Crippen molar-refractivity contribution < 1.29 is 4.74 Å². The van der Waals surface area contributed by atoms with Gasteiger partial charge in [0.15, 0.2) is 0 Å². The molecule has 0 spiro atoms. The quantitative estimate of drug-likeness (QED) is 0.916. The standard InChI is InChI=1S/C13H17Cl2NO/c1-13(5-2-6-17-13)12(16)7-9-3-4-10(14)8-11(9)15/h3-4,8,12H,2,5-7,16H2,1H3. The Balaban J connectivity index is 2.10. The predicted octanol–water partition coefficient (Wildman–Crippen LogP) is 3.43. The molecule has 2 nitrogen and oxygen atoms in total. The van der Waals surface area contributed by atoms with Crippen LogP contribution in [0.5, 0.6) is 0 Å². The number of ether oxygens (including phenoxy) is 1. The van der Waals surface area contributed by atoms with Crippen LogP contribution >= 0.6 is 23.2 Å². The first kappa shape index (κ1) is 13.2. The molecule has 1 aliphatic rings. The highest BCUT2D eigenvalue weighted by molar-refractivity contribution is 6.35. The van der Waals surface area contributed by atoms with Crippen molar-refractivity contribution in [1.82, 2.24) is 0 Å². The third kappa shape index (κ3) is 2.94. The zero-order valence-electron chi connectivity index (χ0n) is 9.88. The highest BCUT2D eigenvalue weighted by Crippen LogP contribution is 2.31. The summed E-state index contributed by atoms with van der Waals surface area (Å²) in [7, 11) is 0. The van der Waals surface area contributed by atoms with Crippen LogP contribution in [0.4, 0.5) is 0 Å². The number of benzene rings is 1. The largest absolute Gasteiger partial charge is 0.374 e. The fraction of sp³-hybridized carbons (Fsp3) is 0.538. The summed E-state index contributed by atoms with van der Waals surface area (Å²) >= 11 is 12.0. The van der Waals surface area contributed by atoms with Gasteiger partial charge in [0.25, 0.3) is 0 Å². The maximum Gasteiger partial charge on any atom is 0.0808 e. The SMILES string of the molecule is CC1(C(N)Cc2ccc(Cl)cc2Cl)CCCO1. The highest BCUT2D eigenvalue weighted by atomic mass is 35.5. The van der Waals surface area contributed by atoms with Gasteiger partial charge in [-0.3, -0.25) is 0 Å². The monoisotopic (exact) mass is 273 g/mol. The summed E-state index contributed by atoms with van der Waals surface area (Å²) < 4.78 is 5.74. The van der Waals surface area contributed by atoms with Crippen LogP contribution in [-0.4, -0.2) is 18.2 Å². The molecule has 0 saturated carbocycles. The fourth-order valence-electron chi connectivity index (χ4n) is 2.23. The zero-order valence-corrected chi connectivity index (χ0v) is 11.4. The molecule has 0 bridgehead atoms. The summed E-state index contributed by atoms with van der Waals surface area (Å²) in [4.78, 5) is 0. The van der Waals surface area contributed by atoms with Crippen LogP contribution in [0.3, 0.4) is 0 Å². The molecule has 0 radical (unpaired) electrons. The number of nitrogens with two attached hydrogens (primary N) is 1. The van der Waals surface area contributed by atoms with Gasteiger partial charge in [-0.2, -0.15) is 0 Å². The zero-order chi connectivity index (χ0) is 12.5. The first-order valence-electron chi connectivity index (χ1n) is 5.85. The summed E-state index contributed by atoms with van der Waals surface area (Å²) in [6, 6.07) is 5.49. The first-order valence-corrected chi connectivity index (χ1v) is 6.60. The topological polar surface area (TPSA) is 35.2 Å². The Morgan fingerprint density at radius 2 is 2.24 bits per heavy atom. The Labute approximate surface area is 112 Å². The lowest BCUT2D eigenvalue weighted by Gasteiger charge is -2.30. The Kier molecular flexibility index (Phi) is 3.99. The van der Waals surface area contributed by atoms with Crippen molar-refractivity contribution in [1.29, 1.82) is 0 Å². The number of rotatable bonds is 3. The summed E-state index contributed by atoms with van der Waals surface area (Å²) in [6.07, 6.45) is 2.81. The molecule has 4 heteroatoms. The second kappa shape index (κ2) is 5.15. The fourth-order valence-corrected chi connectivity index (χ4v) is 2.72. The lowest BCUT2D eigenvalue weighted by Crippen LogP contribution is -2.46. The van der Waals surface area contributed by atoms with Gasteiger partial charge in [-0.25, -0.2) is 0 Å². The average Bonchev–Trinajstić information content (AvgIpc) is 2.71. The lowest BCUT2D eigenvalue weighted by molar-refractivity contribution is -0.000897. The van der Waals surface area contributed by atoms with E-state index in [-0.39, 0.29) is 11.6 Å². The minimum absolute atomic E-state index is 0.0383. The van der Waals surface area contributed by atoms with Gasteiger partial charge < -0.3 is 10.5 Å². The van der Waals surface area contributed by atoms with Crippen molar-refractivity contribution in [2.75, 3.05) is 6.61 Å². The van der Waals surface area contributed by atoms with Crippen LogP contribution < -0.4 is 5.73 Å². The highest BCUT2D eigenvalue weighted by Gasteiger charge is 2.36. The van der Waals surface area contributed by atoms with Crippen molar-refractivity contribution in [3.8, 4) is 0 Å². The van der Waals surface area contributed by atoms with Gasteiger partial charge >= 0.3 is 0 Å². The predicted molar refractivity (Wildman–Crippen MR) is 71.7 cm³/mol. The number of hydrogen-bond acceptors (Lipinski definition) is 2. The van der Waals surface area contributed by atoms with Gasteiger partial charge in [0, 0.05) is 22.7 Å². The molecule has 17 heavy (non-hydrogen) atoms. The second-order valence-corrected chi connectivity index (χ2v) is 5.65. The van der Waals surface area contributed by atoms with Crippen LogP contribution in [-0.2, 0) is 11.2 Å². The van der Waals surface area contributed by atoms with E-state index in [9.17, 15) is 0 Å². The van der Waals surface area contributed by atoms with Crippen LogP contribution in [0.2, 0.25) is 10.0 Å². The first-order chi connectivity index (χ1) is 8.01. The molecule has 1 aliphatic heterocycles. The smallest absolute Gasteiger partial charge is 0.0808 e. The van der Waals surface area contributed by atoms with E-state index in [4.69, 9.17) is 33.7 Å². The molecule has 1 aromatic carbocycles. The molecule has 1 fully saturated rings. The van der Waals surface area contributed by atoms with Crippen LogP contribution in [0.15, 0.2) is 18.2 Å². The van der Waals surface area contributed by atoms with Crippen LogP contribution in [0.1, 0.15) is 25.3 Å². The minimum atomic E-state index is -0.219. The molecular weight excluding hydrogens is 257 g/mol. The van der Waals surface area contributed by atoms with Gasteiger partial charge in [-0.1, -0.05) is 29.3 Å². The van der Waals surface area contributed by atoms with E-state index in [2.05, 4.69) is 6.92 Å². The molecule has 2 atom stereocenters. The Bertz CT molecular complexity index is 402. The molecule has 1 saturated heterocycles. The Hall–Kier alpha value is -0.280. The molecule has 0 aromatic heterocycles. The van der Waals surface area contributed by atoms with Gasteiger partial charge in [-0.05, 0) is 43.9 Å².